The van der Waals surface area contributed by atoms with Gasteiger partial charge in [0.2, 0.25) is 5.91 Å². The van der Waals surface area contributed by atoms with Crippen LogP contribution in [-0.2, 0) is 21.2 Å². The lowest BCUT2D eigenvalue weighted by Gasteiger charge is -2.14. The second-order valence-electron chi connectivity index (χ2n) is 7.01. The van der Waals surface area contributed by atoms with Gasteiger partial charge in [-0.3, -0.25) is 9.59 Å². The lowest BCUT2D eigenvalue weighted by atomic mass is 10.1. The monoisotopic (exact) mass is 430 g/mol. The number of hydrogen-bond acceptors (Lipinski definition) is 5. The Bertz CT molecular complexity index is 1000. The van der Waals surface area contributed by atoms with Crippen molar-refractivity contribution in [2.24, 2.45) is 0 Å². The Hall–Kier alpha value is -2.87. The molecule has 2 aromatic rings. The van der Waals surface area contributed by atoms with E-state index in [4.69, 9.17) is 4.74 Å². The van der Waals surface area contributed by atoms with Crippen LogP contribution >= 0.6 is 0 Å². The minimum atomic E-state index is -3.81. The maximum Gasteiger partial charge on any atom is 0.269 e. The van der Waals surface area contributed by atoms with Crippen molar-refractivity contribution in [2.45, 2.75) is 37.5 Å². The molecule has 8 heteroatoms. The molecule has 1 heterocycles. The van der Waals surface area contributed by atoms with Crippen molar-refractivity contribution in [3.63, 3.8) is 0 Å². The van der Waals surface area contributed by atoms with E-state index in [1.165, 1.54) is 17.7 Å². The highest BCUT2D eigenvalue weighted by Crippen LogP contribution is 2.29. The highest BCUT2D eigenvalue weighted by Gasteiger charge is 2.40. The fourth-order valence-corrected chi connectivity index (χ4v) is 4.97. The number of ether oxygens (including phenoxy) is 1. The van der Waals surface area contributed by atoms with Gasteiger partial charge in [0.25, 0.3) is 15.9 Å². The summed E-state index contributed by atoms with van der Waals surface area (Å²) in [5.74, 6) is 0.167. The number of nitrogens with zero attached hydrogens (tertiary/aromatic N) is 1. The minimum Gasteiger partial charge on any atom is -0.494 e. The molecule has 0 unspecified atom stereocenters. The van der Waals surface area contributed by atoms with Crippen molar-refractivity contribution in [3.05, 3.63) is 59.7 Å². The van der Waals surface area contributed by atoms with Gasteiger partial charge in [0.1, 0.15) is 10.6 Å². The fraction of sp³-hybridized carbons (Fsp3) is 0.364. The Labute approximate surface area is 177 Å². The molecule has 0 saturated carbocycles. The SMILES string of the molecule is CCOc1ccc(CCCNC(=O)CCCN2C(=O)c3ccccc3S2(=O)=O)cc1. The van der Waals surface area contributed by atoms with E-state index in [-0.39, 0.29) is 35.8 Å². The second kappa shape index (κ2) is 9.75. The first kappa shape index (κ1) is 21.8. The molecular formula is C22H26N2O5S. The molecule has 0 aromatic heterocycles. The smallest absolute Gasteiger partial charge is 0.269 e. The molecule has 1 aliphatic rings. The minimum absolute atomic E-state index is 0.00452. The van der Waals surface area contributed by atoms with E-state index < -0.39 is 15.9 Å². The first-order valence-corrected chi connectivity index (χ1v) is 11.5. The quantitative estimate of drug-likeness (QED) is 0.585. The number of aryl methyl sites for hydroxylation is 1. The van der Waals surface area contributed by atoms with Crippen LogP contribution in [0, 0.1) is 0 Å². The van der Waals surface area contributed by atoms with Gasteiger partial charge in [-0.15, -0.1) is 0 Å². The summed E-state index contributed by atoms with van der Waals surface area (Å²) < 4.78 is 31.2. The van der Waals surface area contributed by atoms with E-state index in [2.05, 4.69) is 5.32 Å². The van der Waals surface area contributed by atoms with Crippen molar-refractivity contribution < 1.29 is 22.7 Å². The highest BCUT2D eigenvalue weighted by atomic mass is 32.2. The van der Waals surface area contributed by atoms with Gasteiger partial charge in [0.15, 0.2) is 0 Å². The summed E-state index contributed by atoms with van der Waals surface area (Å²) >= 11 is 0. The molecule has 0 bridgehead atoms. The Kier molecular flexibility index (Phi) is 7.10. The molecule has 30 heavy (non-hydrogen) atoms. The molecule has 160 valence electrons. The Morgan fingerprint density at radius 1 is 1.07 bits per heavy atom. The third-order valence-corrected chi connectivity index (χ3v) is 6.72. The van der Waals surface area contributed by atoms with Crippen LogP contribution in [-0.4, -0.2) is 44.2 Å². The number of rotatable bonds is 10. The first-order valence-electron chi connectivity index (χ1n) is 10.1. The van der Waals surface area contributed by atoms with Gasteiger partial charge in [-0.2, -0.15) is 0 Å². The summed E-state index contributed by atoms with van der Waals surface area (Å²) in [6.07, 6.45) is 2.09. The summed E-state index contributed by atoms with van der Waals surface area (Å²) in [5, 5.41) is 2.84. The number of carbonyl (C=O) groups excluding carboxylic acids is 2. The Morgan fingerprint density at radius 3 is 2.50 bits per heavy atom. The van der Waals surface area contributed by atoms with Crippen molar-refractivity contribution in [1.82, 2.24) is 9.62 Å². The summed E-state index contributed by atoms with van der Waals surface area (Å²) in [6, 6.07) is 14.1. The van der Waals surface area contributed by atoms with E-state index in [0.29, 0.717) is 13.2 Å². The maximum absolute atomic E-state index is 12.5. The van der Waals surface area contributed by atoms with Crippen LogP contribution in [0.3, 0.4) is 0 Å². The summed E-state index contributed by atoms with van der Waals surface area (Å²) in [6.45, 7) is 3.11. The van der Waals surface area contributed by atoms with Crippen molar-refractivity contribution in [3.8, 4) is 5.75 Å². The highest BCUT2D eigenvalue weighted by molar-refractivity contribution is 7.90. The Balaban J connectivity index is 1.37. The molecule has 2 aromatic carbocycles. The van der Waals surface area contributed by atoms with E-state index in [1.54, 1.807) is 12.1 Å². The Morgan fingerprint density at radius 2 is 1.80 bits per heavy atom. The zero-order valence-corrected chi connectivity index (χ0v) is 17.8. The van der Waals surface area contributed by atoms with Gasteiger partial charge in [-0.1, -0.05) is 24.3 Å². The maximum atomic E-state index is 12.5. The number of benzene rings is 2. The van der Waals surface area contributed by atoms with Crippen LogP contribution in [0.5, 0.6) is 5.75 Å². The molecule has 3 rings (SSSR count). The third-order valence-electron chi connectivity index (χ3n) is 4.88. The lowest BCUT2D eigenvalue weighted by Crippen LogP contribution is -2.32. The zero-order chi connectivity index (χ0) is 21.6. The number of fused-ring (bicyclic) bond motifs is 1. The van der Waals surface area contributed by atoms with Crippen LogP contribution in [0.1, 0.15) is 42.1 Å². The number of nitrogens with one attached hydrogen (secondary N) is 1. The largest absolute Gasteiger partial charge is 0.494 e. The summed E-state index contributed by atoms with van der Waals surface area (Å²) in [5.41, 5.74) is 1.36. The predicted octanol–water partition coefficient (Wildman–Crippen LogP) is 2.76. The zero-order valence-electron chi connectivity index (χ0n) is 17.0. The normalized spacial score (nSPS) is 14.4. The molecular weight excluding hydrogens is 404 g/mol. The molecule has 0 aliphatic carbocycles. The molecule has 0 atom stereocenters. The van der Waals surface area contributed by atoms with Gasteiger partial charge >= 0.3 is 0 Å². The average molecular weight is 431 g/mol. The molecule has 0 radical (unpaired) electrons. The van der Waals surface area contributed by atoms with E-state index >= 15 is 0 Å². The van der Waals surface area contributed by atoms with Gasteiger partial charge in [-0.05, 0) is 56.0 Å². The van der Waals surface area contributed by atoms with E-state index in [9.17, 15) is 18.0 Å². The van der Waals surface area contributed by atoms with E-state index in [0.717, 1.165) is 22.9 Å². The van der Waals surface area contributed by atoms with Gasteiger partial charge in [-0.25, -0.2) is 12.7 Å². The van der Waals surface area contributed by atoms with Gasteiger partial charge in [0.05, 0.1) is 12.2 Å². The fourth-order valence-electron chi connectivity index (χ4n) is 3.36. The van der Waals surface area contributed by atoms with Crippen molar-refractivity contribution >= 4 is 21.8 Å². The molecule has 2 amide bonds. The van der Waals surface area contributed by atoms with E-state index in [1.807, 2.05) is 31.2 Å². The second-order valence-corrected chi connectivity index (χ2v) is 8.84. The third kappa shape index (κ3) is 4.99. The molecule has 1 N–H and O–H groups in total. The van der Waals surface area contributed by atoms with Crippen LogP contribution in [0.2, 0.25) is 0 Å². The molecule has 7 nitrogen and oxygen atoms in total. The molecule has 0 fully saturated rings. The predicted molar refractivity (Wildman–Crippen MR) is 113 cm³/mol. The molecule has 0 spiro atoms. The van der Waals surface area contributed by atoms with Crippen LogP contribution in [0.15, 0.2) is 53.4 Å². The van der Waals surface area contributed by atoms with Crippen LogP contribution in [0.25, 0.3) is 0 Å². The molecule has 1 aliphatic heterocycles. The van der Waals surface area contributed by atoms with Crippen molar-refractivity contribution in [2.75, 3.05) is 19.7 Å². The summed E-state index contributed by atoms with van der Waals surface area (Å²) in [7, 11) is -3.81. The topological polar surface area (TPSA) is 92.8 Å². The number of sulfonamides is 1. The number of carbonyl (C=O) groups is 2. The van der Waals surface area contributed by atoms with Crippen LogP contribution in [0.4, 0.5) is 0 Å². The van der Waals surface area contributed by atoms with Crippen LogP contribution < -0.4 is 10.1 Å². The number of hydrogen-bond donors (Lipinski definition) is 1. The first-order chi connectivity index (χ1) is 14.4. The standard InChI is InChI=1S/C22H26N2O5S/c1-2-29-18-13-11-17(12-14-18)7-5-15-23-21(25)10-6-16-24-22(26)19-8-3-4-9-20(19)30(24,27)28/h3-4,8-9,11-14H,2,5-7,10,15-16H2,1H3,(H,23,25). The summed E-state index contributed by atoms with van der Waals surface area (Å²) in [4.78, 5) is 24.4. The van der Waals surface area contributed by atoms with Gasteiger partial charge in [0, 0.05) is 19.5 Å². The number of amides is 2. The average Bonchev–Trinajstić information content (AvgIpc) is 2.93. The van der Waals surface area contributed by atoms with Crippen molar-refractivity contribution in [1.29, 1.82) is 0 Å². The lowest BCUT2D eigenvalue weighted by molar-refractivity contribution is -0.121. The van der Waals surface area contributed by atoms with Gasteiger partial charge < -0.3 is 10.1 Å². The molecule has 0 saturated heterocycles.